The molecule has 1 heterocycles. The van der Waals surface area contributed by atoms with Gasteiger partial charge in [-0.15, -0.1) is 0 Å². The summed E-state index contributed by atoms with van der Waals surface area (Å²) in [6, 6.07) is 10.4. The maximum Gasteiger partial charge on any atom is 0.307 e. The summed E-state index contributed by atoms with van der Waals surface area (Å²) < 4.78 is 26.2. The molecule has 1 fully saturated rings. The Labute approximate surface area is 166 Å². The molecule has 1 aliphatic rings. The van der Waals surface area contributed by atoms with Crippen molar-refractivity contribution in [2.24, 2.45) is 11.3 Å². The van der Waals surface area contributed by atoms with Crippen LogP contribution < -0.4 is 0 Å². The highest BCUT2D eigenvalue weighted by Gasteiger charge is 2.54. The SMILES string of the molecule is C[C@H]1OC[C@@](CC(=O)OC(C)(C)C)(c2ccccc2F)[C@@H]1CC(C)(C#N)C#N. The maximum absolute atomic E-state index is 14.8. The molecule has 3 atom stereocenters. The van der Waals surface area contributed by atoms with Gasteiger partial charge < -0.3 is 9.47 Å². The van der Waals surface area contributed by atoms with E-state index in [9.17, 15) is 19.7 Å². The van der Waals surface area contributed by atoms with Crippen molar-refractivity contribution < 1.29 is 18.7 Å². The van der Waals surface area contributed by atoms with Gasteiger partial charge in [0.2, 0.25) is 0 Å². The van der Waals surface area contributed by atoms with Crippen LogP contribution >= 0.6 is 0 Å². The van der Waals surface area contributed by atoms with Gasteiger partial charge in [-0.25, -0.2) is 4.39 Å². The van der Waals surface area contributed by atoms with Gasteiger partial charge in [-0.2, -0.15) is 10.5 Å². The Morgan fingerprint density at radius 1 is 1.29 bits per heavy atom. The number of esters is 1. The standard InChI is InChI=1S/C22H27FN2O3/c1-15-17(10-21(5,12-24)13-25)22(14-27-15,11-19(26)28-20(2,3)4)16-8-6-7-9-18(16)23/h6-9,15,17H,10-11,14H2,1-5H3/t15-,17-,22+/m1/s1. The molecule has 0 N–H and O–H groups in total. The van der Waals surface area contributed by atoms with Crippen LogP contribution in [-0.2, 0) is 19.7 Å². The molecular formula is C22H27FN2O3. The molecule has 2 rings (SSSR count). The number of hydrogen-bond donors (Lipinski definition) is 0. The summed E-state index contributed by atoms with van der Waals surface area (Å²) in [7, 11) is 0. The van der Waals surface area contributed by atoms with Crippen LogP contribution in [0.3, 0.4) is 0 Å². The fourth-order valence-electron chi connectivity index (χ4n) is 3.93. The summed E-state index contributed by atoms with van der Waals surface area (Å²) in [6.45, 7) is 8.82. The largest absolute Gasteiger partial charge is 0.460 e. The average molecular weight is 386 g/mol. The Kier molecular flexibility index (Phi) is 6.16. The van der Waals surface area contributed by atoms with E-state index in [2.05, 4.69) is 0 Å². The van der Waals surface area contributed by atoms with Gasteiger partial charge >= 0.3 is 5.97 Å². The summed E-state index contributed by atoms with van der Waals surface area (Å²) in [6.07, 6.45) is -0.270. The Balaban J connectivity index is 2.54. The van der Waals surface area contributed by atoms with Gasteiger partial charge in [-0.3, -0.25) is 4.79 Å². The molecule has 0 unspecified atom stereocenters. The molecular weight excluding hydrogens is 359 g/mol. The highest BCUT2D eigenvalue weighted by atomic mass is 19.1. The number of carbonyl (C=O) groups is 1. The molecule has 0 saturated carbocycles. The third-order valence-corrected chi connectivity index (χ3v) is 5.29. The molecule has 0 aromatic heterocycles. The van der Waals surface area contributed by atoms with Crippen molar-refractivity contribution in [2.45, 2.75) is 64.6 Å². The first kappa shape index (κ1) is 21.9. The highest BCUT2D eigenvalue weighted by molar-refractivity contribution is 5.72. The van der Waals surface area contributed by atoms with E-state index in [4.69, 9.17) is 9.47 Å². The van der Waals surface area contributed by atoms with E-state index in [1.807, 2.05) is 19.1 Å². The van der Waals surface area contributed by atoms with E-state index in [1.165, 1.54) is 6.07 Å². The van der Waals surface area contributed by atoms with Gasteiger partial charge in [0.15, 0.2) is 0 Å². The van der Waals surface area contributed by atoms with Crippen molar-refractivity contribution in [1.82, 2.24) is 0 Å². The van der Waals surface area contributed by atoms with E-state index in [0.29, 0.717) is 5.56 Å². The number of carbonyl (C=O) groups excluding carboxylic acids is 1. The van der Waals surface area contributed by atoms with Crippen molar-refractivity contribution in [3.05, 3.63) is 35.6 Å². The number of hydrogen-bond acceptors (Lipinski definition) is 5. The van der Waals surface area contributed by atoms with Gasteiger partial charge in [-0.05, 0) is 58.6 Å². The first-order chi connectivity index (χ1) is 13.0. The van der Waals surface area contributed by atoms with Gasteiger partial charge in [0.1, 0.15) is 16.8 Å². The zero-order chi connectivity index (χ0) is 21.2. The van der Waals surface area contributed by atoms with E-state index < -0.39 is 34.1 Å². The van der Waals surface area contributed by atoms with Crippen LogP contribution in [0.15, 0.2) is 24.3 Å². The van der Waals surface area contributed by atoms with E-state index in [0.717, 1.165) is 0 Å². The average Bonchev–Trinajstić information content (AvgIpc) is 2.90. The van der Waals surface area contributed by atoms with Crippen molar-refractivity contribution in [1.29, 1.82) is 10.5 Å². The van der Waals surface area contributed by atoms with Gasteiger partial charge in [0.25, 0.3) is 0 Å². The van der Waals surface area contributed by atoms with Crippen LogP contribution in [0.5, 0.6) is 0 Å². The number of rotatable bonds is 5. The fourth-order valence-corrected chi connectivity index (χ4v) is 3.93. The molecule has 0 radical (unpaired) electrons. The summed E-state index contributed by atoms with van der Waals surface area (Å²) in [5.74, 6) is -1.31. The minimum atomic E-state index is -1.27. The lowest BCUT2D eigenvalue weighted by atomic mass is 9.63. The van der Waals surface area contributed by atoms with Crippen LogP contribution in [-0.4, -0.2) is 24.3 Å². The lowest BCUT2D eigenvalue weighted by Gasteiger charge is -2.37. The zero-order valence-electron chi connectivity index (χ0n) is 17.1. The zero-order valence-corrected chi connectivity index (χ0v) is 17.1. The second-order valence-electron chi connectivity index (χ2n) is 8.78. The first-order valence-corrected chi connectivity index (χ1v) is 9.37. The maximum atomic E-state index is 14.8. The lowest BCUT2D eigenvalue weighted by molar-refractivity contribution is -0.157. The quantitative estimate of drug-likeness (QED) is 0.706. The molecule has 0 bridgehead atoms. The molecule has 5 nitrogen and oxygen atoms in total. The Morgan fingerprint density at radius 3 is 2.43 bits per heavy atom. The minimum absolute atomic E-state index is 0.0901. The van der Waals surface area contributed by atoms with Crippen LogP contribution in [0.2, 0.25) is 0 Å². The summed E-state index contributed by atoms with van der Waals surface area (Å²) in [4.78, 5) is 12.7. The Hall–Kier alpha value is -2.44. The smallest absolute Gasteiger partial charge is 0.307 e. The van der Waals surface area contributed by atoms with Crippen molar-refractivity contribution in [3.8, 4) is 12.1 Å². The van der Waals surface area contributed by atoms with Crippen molar-refractivity contribution in [3.63, 3.8) is 0 Å². The predicted octanol–water partition coefficient (Wildman–Crippen LogP) is 4.27. The molecule has 28 heavy (non-hydrogen) atoms. The normalized spacial score (nSPS) is 25.0. The van der Waals surface area contributed by atoms with Crippen molar-refractivity contribution in [2.75, 3.05) is 6.61 Å². The molecule has 0 spiro atoms. The molecule has 1 saturated heterocycles. The summed E-state index contributed by atoms with van der Waals surface area (Å²) in [5.41, 5.74) is -2.60. The number of nitriles is 2. The van der Waals surface area contributed by atoms with E-state index >= 15 is 0 Å². The van der Waals surface area contributed by atoms with Crippen LogP contribution in [0.1, 0.15) is 53.0 Å². The van der Waals surface area contributed by atoms with E-state index in [1.54, 1.807) is 45.9 Å². The lowest BCUT2D eigenvalue weighted by Crippen LogP contribution is -2.42. The Bertz CT molecular complexity index is 804. The second-order valence-corrected chi connectivity index (χ2v) is 8.78. The summed E-state index contributed by atoms with van der Waals surface area (Å²) in [5, 5.41) is 19.0. The molecule has 150 valence electrons. The molecule has 0 amide bonds. The van der Waals surface area contributed by atoms with Gasteiger partial charge in [0.05, 0.1) is 31.3 Å². The third kappa shape index (κ3) is 4.51. The molecule has 1 aromatic carbocycles. The van der Waals surface area contributed by atoms with Gasteiger partial charge in [-0.1, -0.05) is 18.2 Å². The molecule has 0 aliphatic carbocycles. The third-order valence-electron chi connectivity index (χ3n) is 5.29. The van der Waals surface area contributed by atoms with E-state index in [-0.39, 0.29) is 25.6 Å². The number of halogens is 1. The number of nitrogens with zero attached hydrogens (tertiary/aromatic N) is 2. The number of benzene rings is 1. The fraction of sp³-hybridized carbons (Fsp3) is 0.591. The molecule has 6 heteroatoms. The first-order valence-electron chi connectivity index (χ1n) is 9.37. The second kappa shape index (κ2) is 7.89. The molecule has 1 aromatic rings. The van der Waals surface area contributed by atoms with Crippen LogP contribution in [0.25, 0.3) is 0 Å². The van der Waals surface area contributed by atoms with Crippen LogP contribution in [0.4, 0.5) is 4.39 Å². The topological polar surface area (TPSA) is 83.1 Å². The number of ether oxygens (including phenoxy) is 2. The summed E-state index contributed by atoms with van der Waals surface area (Å²) >= 11 is 0. The Morgan fingerprint density at radius 2 is 1.89 bits per heavy atom. The minimum Gasteiger partial charge on any atom is -0.460 e. The van der Waals surface area contributed by atoms with Gasteiger partial charge in [0, 0.05) is 5.41 Å². The molecule has 1 aliphatic heterocycles. The monoisotopic (exact) mass is 386 g/mol. The highest BCUT2D eigenvalue weighted by Crippen LogP contribution is 2.49. The van der Waals surface area contributed by atoms with Crippen LogP contribution in [0, 0.1) is 39.8 Å². The predicted molar refractivity (Wildman–Crippen MR) is 101 cm³/mol. The van der Waals surface area contributed by atoms with Crippen molar-refractivity contribution >= 4 is 5.97 Å².